The number of ether oxygens (including phenoxy) is 1. The highest BCUT2D eigenvalue weighted by Gasteiger charge is 2.23. The number of aromatic nitrogens is 3. The molecule has 3 heterocycles. The minimum Gasteiger partial charge on any atom is -0.494 e. The zero-order chi connectivity index (χ0) is 32.6. The van der Waals surface area contributed by atoms with Crippen molar-refractivity contribution in [2.24, 2.45) is 10.8 Å². The maximum atomic E-state index is 9.99. The summed E-state index contributed by atoms with van der Waals surface area (Å²) in [5.74, 6) is 2.44. The Morgan fingerprint density at radius 2 is 1.70 bits per heavy atom. The monoisotopic (exact) mass is 639 g/mol. The average molecular weight is 640 g/mol. The molecule has 7 nitrogen and oxygen atoms in total. The van der Waals surface area contributed by atoms with Crippen LogP contribution < -0.4 is 14.4 Å². The molecule has 0 atom stereocenters. The summed E-state index contributed by atoms with van der Waals surface area (Å²) in [6, 6.07) is 22.9. The van der Waals surface area contributed by atoms with Crippen molar-refractivity contribution in [2.45, 2.75) is 78.2 Å². The van der Waals surface area contributed by atoms with E-state index in [2.05, 4.69) is 86.7 Å². The van der Waals surface area contributed by atoms with Crippen molar-refractivity contribution in [1.82, 2.24) is 15.0 Å². The van der Waals surface area contributed by atoms with Crippen molar-refractivity contribution in [3.05, 3.63) is 78.5 Å². The molecule has 0 unspecified atom stereocenters. The Morgan fingerprint density at radius 1 is 0.891 bits per heavy atom. The van der Waals surface area contributed by atoms with E-state index in [1.807, 2.05) is 24.3 Å². The predicted molar refractivity (Wildman–Crippen MR) is 191 cm³/mol. The molecule has 2 N–H and O–H groups in total. The Labute approximate surface area is 279 Å². The highest BCUT2D eigenvalue weighted by molar-refractivity contribution is 8.00. The van der Waals surface area contributed by atoms with Crippen LogP contribution in [0.3, 0.4) is 0 Å². The van der Waals surface area contributed by atoms with Gasteiger partial charge in [-0.2, -0.15) is 0 Å². The first-order valence-corrected chi connectivity index (χ1v) is 17.4. The van der Waals surface area contributed by atoms with Crippen LogP contribution in [0.4, 0.5) is 11.6 Å². The number of benzene rings is 2. The fraction of sp³-hybridized carbons (Fsp3) is 0.447. The molecular formula is C38H49N5O2S. The molecule has 2 aromatic heterocycles. The smallest absolute Gasteiger partial charge is 0.155 e. The van der Waals surface area contributed by atoms with Crippen LogP contribution >= 0.6 is 11.9 Å². The molecule has 4 aromatic rings. The van der Waals surface area contributed by atoms with Crippen molar-refractivity contribution in [3.8, 4) is 28.3 Å². The molecule has 8 heteroatoms. The minimum absolute atomic E-state index is 0.129. The number of pyridine rings is 1. The average Bonchev–Trinajstić information content (AvgIpc) is 3.04. The van der Waals surface area contributed by atoms with Crippen LogP contribution in [-0.2, 0) is 6.42 Å². The van der Waals surface area contributed by atoms with Crippen molar-refractivity contribution in [3.63, 3.8) is 0 Å². The molecule has 1 aliphatic heterocycles. The van der Waals surface area contributed by atoms with Gasteiger partial charge in [0.1, 0.15) is 16.6 Å². The maximum Gasteiger partial charge on any atom is 0.155 e. The second-order valence-electron chi connectivity index (χ2n) is 14.2. The Kier molecular flexibility index (Phi) is 11.2. The summed E-state index contributed by atoms with van der Waals surface area (Å²) >= 11 is 1.43. The van der Waals surface area contributed by atoms with E-state index < -0.39 is 0 Å². The van der Waals surface area contributed by atoms with Gasteiger partial charge >= 0.3 is 0 Å². The van der Waals surface area contributed by atoms with Crippen LogP contribution in [-0.4, -0.2) is 46.4 Å². The molecular weight excluding hydrogens is 591 g/mol. The highest BCUT2D eigenvalue weighted by Crippen LogP contribution is 2.35. The molecule has 0 spiro atoms. The Hall–Kier alpha value is -3.62. The molecule has 0 saturated carbocycles. The third-order valence-corrected chi connectivity index (χ3v) is 8.99. The van der Waals surface area contributed by atoms with Crippen molar-refractivity contribution < 1.29 is 9.84 Å². The van der Waals surface area contributed by atoms with E-state index in [4.69, 9.17) is 19.7 Å². The number of nitrogens with one attached hydrogen (secondary N) is 1. The zero-order valence-corrected chi connectivity index (χ0v) is 28.9. The molecule has 46 heavy (non-hydrogen) atoms. The van der Waals surface area contributed by atoms with E-state index in [-0.39, 0.29) is 17.4 Å². The fourth-order valence-corrected chi connectivity index (χ4v) is 6.16. The number of hydrogen-bond donors (Lipinski definition) is 2. The van der Waals surface area contributed by atoms with Crippen LogP contribution in [0.15, 0.2) is 78.0 Å². The number of nitrogens with zero attached hydrogens (tertiary/aromatic N) is 4. The van der Waals surface area contributed by atoms with Gasteiger partial charge in [0.2, 0.25) is 0 Å². The molecule has 1 aliphatic rings. The molecule has 0 fully saturated rings. The van der Waals surface area contributed by atoms with Crippen LogP contribution in [0.5, 0.6) is 5.75 Å². The SMILES string of the molecule is CC(C)(C)CCOc1cccc(-c2ncc3nc2-c2ccccc2CCCCCCN(CC(C)(C)CO)c2cccc(n2)SN3)c1. The van der Waals surface area contributed by atoms with Gasteiger partial charge in [-0.3, -0.25) is 4.98 Å². The van der Waals surface area contributed by atoms with E-state index >= 15 is 0 Å². The third kappa shape index (κ3) is 9.46. The second kappa shape index (κ2) is 15.3. The number of aryl methyl sites for hydroxylation is 1. The van der Waals surface area contributed by atoms with Gasteiger partial charge < -0.3 is 19.5 Å². The topological polar surface area (TPSA) is 83.4 Å². The first kappa shape index (κ1) is 33.7. The highest BCUT2D eigenvalue weighted by atomic mass is 32.2. The summed E-state index contributed by atoms with van der Waals surface area (Å²) in [6.07, 6.45) is 8.20. The van der Waals surface area contributed by atoms with Gasteiger partial charge in [-0.1, -0.05) is 89.9 Å². The van der Waals surface area contributed by atoms with E-state index in [0.29, 0.717) is 12.4 Å². The first-order valence-electron chi connectivity index (χ1n) is 16.5. The lowest BCUT2D eigenvalue weighted by atomic mass is 9.93. The van der Waals surface area contributed by atoms with E-state index in [0.717, 1.165) is 90.7 Å². The second-order valence-corrected chi connectivity index (χ2v) is 15.1. The van der Waals surface area contributed by atoms with Crippen molar-refractivity contribution in [2.75, 3.05) is 35.9 Å². The van der Waals surface area contributed by atoms with Crippen molar-refractivity contribution >= 4 is 23.6 Å². The zero-order valence-electron chi connectivity index (χ0n) is 28.1. The van der Waals surface area contributed by atoms with Gasteiger partial charge in [0, 0.05) is 48.2 Å². The van der Waals surface area contributed by atoms with E-state index in [1.165, 1.54) is 17.5 Å². The number of aliphatic hydroxyl groups excluding tert-OH is 1. The number of aliphatic hydroxyl groups is 1. The number of fused-ring (bicyclic) bond motifs is 6. The number of rotatable bonds is 7. The lowest BCUT2D eigenvalue weighted by molar-refractivity contribution is 0.164. The molecule has 0 aliphatic carbocycles. The van der Waals surface area contributed by atoms with E-state index in [1.54, 1.807) is 6.20 Å². The largest absolute Gasteiger partial charge is 0.494 e. The van der Waals surface area contributed by atoms with Crippen LogP contribution in [0.1, 0.15) is 72.3 Å². The lowest BCUT2D eigenvalue weighted by Gasteiger charge is -2.32. The van der Waals surface area contributed by atoms with Gasteiger partial charge in [0.05, 0.1) is 24.2 Å². The van der Waals surface area contributed by atoms with Gasteiger partial charge in [0.15, 0.2) is 5.82 Å². The summed E-state index contributed by atoms with van der Waals surface area (Å²) in [5, 5.41) is 10.8. The van der Waals surface area contributed by atoms with Gasteiger partial charge in [-0.25, -0.2) is 9.97 Å². The summed E-state index contributed by atoms with van der Waals surface area (Å²) in [4.78, 5) is 17.5. The van der Waals surface area contributed by atoms with Gasteiger partial charge in [0.25, 0.3) is 0 Å². The molecule has 244 valence electrons. The molecule has 0 saturated heterocycles. The predicted octanol–water partition coefficient (Wildman–Crippen LogP) is 9.08. The standard InChI is InChI=1S/C38H49N5O2S/c1-37(2,3)21-23-45-30-17-12-16-29(24-30)35-36-31-18-10-9-15-28(31)14-8-6-7-11-22-43(26-38(4,5)27-44)33-19-13-20-34(41-33)46-42-32(40-36)25-39-35/h9-10,12-13,15-20,24-25,44H,6-8,11,14,21-23,26-27H2,1-5H3,(H,40,42). The third-order valence-electron chi connectivity index (χ3n) is 8.24. The lowest BCUT2D eigenvalue weighted by Crippen LogP contribution is -2.37. The quantitative estimate of drug-likeness (QED) is 0.194. The normalized spacial score (nSPS) is 14.6. The molecule has 0 amide bonds. The van der Waals surface area contributed by atoms with Crippen LogP contribution in [0.25, 0.3) is 22.5 Å². The Balaban J connectivity index is 1.49. The Morgan fingerprint density at radius 3 is 2.52 bits per heavy atom. The fourth-order valence-electron chi connectivity index (χ4n) is 5.57. The summed E-state index contributed by atoms with van der Waals surface area (Å²) in [5.41, 5.74) is 5.06. The number of hydrogen-bond acceptors (Lipinski definition) is 8. The minimum atomic E-state index is -0.225. The summed E-state index contributed by atoms with van der Waals surface area (Å²) in [6.45, 7) is 13.3. The maximum absolute atomic E-state index is 9.99. The first-order chi connectivity index (χ1) is 22.1. The molecule has 5 rings (SSSR count). The van der Waals surface area contributed by atoms with Crippen LogP contribution in [0, 0.1) is 10.8 Å². The molecule has 2 aromatic carbocycles. The van der Waals surface area contributed by atoms with Crippen LogP contribution in [0.2, 0.25) is 0 Å². The molecule has 4 bridgehead atoms. The van der Waals surface area contributed by atoms with Gasteiger partial charge in [-0.15, -0.1) is 0 Å². The van der Waals surface area contributed by atoms with E-state index in [9.17, 15) is 5.11 Å². The summed E-state index contributed by atoms with van der Waals surface area (Å²) < 4.78 is 9.59. The molecule has 0 radical (unpaired) electrons. The van der Waals surface area contributed by atoms with Crippen molar-refractivity contribution in [1.29, 1.82) is 0 Å². The summed E-state index contributed by atoms with van der Waals surface area (Å²) in [7, 11) is 0. The van der Waals surface area contributed by atoms with Gasteiger partial charge in [-0.05, 0) is 60.9 Å². The Bertz CT molecular complexity index is 1590. The number of anilines is 2.